The van der Waals surface area contributed by atoms with Crippen LogP contribution in [0.1, 0.15) is 27.7 Å². The molecular weight excluding hydrogens is 370 g/mol. The van der Waals surface area contributed by atoms with Crippen LogP contribution in [0.5, 0.6) is 0 Å². The lowest BCUT2D eigenvalue weighted by Gasteiger charge is -2.25. The molecule has 0 aliphatic rings. The molecule has 0 saturated heterocycles. The predicted molar refractivity (Wildman–Crippen MR) is 104 cm³/mol. The molecule has 1 aromatic carbocycles. The van der Waals surface area contributed by atoms with Crippen molar-refractivity contribution in [2.45, 2.75) is 38.2 Å². The number of carbonyl (C=O) groups is 2. The number of benzene rings is 1. The summed E-state index contributed by atoms with van der Waals surface area (Å²) in [4.78, 5) is 25.1. The lowest BCUT2D eigenvalue weighted by Crippen LogP contribution is -2.41. The Morgan fingerprint density at radius 3 is 2.07 bits per heavy atom. The molecule has 0 saturated carbocycles. The molecule has 1 aromatic rings. The van der Waals surface area contributed by atoms with Gasteiger partial charge < -0.3 is 15.0 Å². The Balaban J connectivity index is 3.06. The number of nitrogens with one attached hydrogen (secondary N) is 1. The van der Waals surface area contributed by atoms with E-state index in [0.29, 0.717) is 12.2 Å². The van der Waals surface area contributed by atoms with Crippen molar-refractivity contribution in [2.75, 3.05) is 39.0 Å². The zero-order chi connectivity index (χ0) is 20.8. The van der Waals surface area contributed by atoms with Crippen molar-refractivity contribution >= 4 is 27.6 Å². The SMILES string of the molecule is CC(=O)Nc1ccc(S(=O)(=O)N(CCN(C)C)CC(=O)OC(C)(C)C)cc1. The minimum absolute atomic E-state index is 0.0407. The van der Waals surface area contributed by atoms with E-state index in [2.05, 4.69) is 5.32 Å². The first-order chi connectivity index (χ1) is 12.3. The van der Waals surface area contributed by atoms with Gasteiger partial charge in [-0.2, -0.15) is 4.31 Å². The summed E-state index contributed by atoms with van der Waals surface area (Å²) in [7, 11) is -0.260. The lowest BCUT2D eigenvalue weighted by atomic mass is 10.2. The van der Waals surface area contributed by atoms with Gasteiger partial charge >= 0.3 is 5.97 Å². The van der Waals surface area contributed by atoms with Gasteiger partial charge in [0.05, 0.1) is 4.90 Å². The van der Waals surface area contributed by atoms with Crippen molar-refractivity contribution in [3.8, 4) is 0 Å². The molecule has 0 aliphatic carbocycles. The minimum atomic E-state index is -3.90. The summed E-state index contributed by atoms with van der Waals surface area (Å²) in [5.74, 6) is -0.858. The van der Waals surface area contributed by atoms with Gasteiger partial charge in [0, 0.05) is 25.7 Å². The second kappa shape index (κ2) is 9.29. The number of hydrogen-bond acceptors (Lipinski definition) is 6. The van der Waals surface area contributed by atoms with Gasteiger partial charge in [-0.25, -0.2) is 8.42 Å². The average Bonchev–Trinajstić information content (AvgIpc) is 2.49. The fourth-order valence-electron chi connectivity index (χ4n) is 2.18. The molecule has 0 unspecified atom stereocenters. The first kappa shape index (κ1) is 23.1. The third-order valence-corrected chi connectivity index (χ3v) is 5.19. The number of sulfonamides is 1. The topological polar surface area (TPSA) is 96.0 Å². The van der Waals surface area contributed by atoms with Crippen molar-refractivity contribution in [1.82, 2.24) is 9.21 Å². The molecule has 0 bridgehead atoms. The number of amides is 1. The van der Waals surface area contributed by atoms with Crippen LogP contribution in [0.3, 0.4) is 0 Å². The molecule has 0 aliphatic heterocycles. The number of rotatable bonds is 8. The smallest absolute Gasteiger partial charge is 0.321 e. The molecule has 0 aromatic heterocycles. The number of hydrogen-bond donors (Lipinski definition) is 1. The Hall–Kier alpha value is -1.97. The van der Waals surface area contributed by atoms with E-state index in [9.17, 15) is 18.0 Å². The average molecular weight is 400 g/mol. The minimum Gasteiger partial charge on any atom is -0.459 e. The fourth-order valence-corrected chi connectivity index (χ4v) is 3.55. The predicted octanol–water partition coefficient (Wildman–Crippen LogP) is 1.54. The Labute approximate surface area is 161 Å². The Kier molecular flexibility index (Phi) is 7.94. The van der Waals surface area contributed by atoms with Crippen LogP contribution in [0.2, 0.25) is 0 Å². The largest absolute Gasteiger partial charge is 0.459 e. The van der Waals surface area contributed by atoms with Gasteiger partial charge in [-0.3, -0.25) is 9.59 Å². The molecule has 0 heterocycles. The van der Waals surface area contributed by atoms with E-state index in [1.165, 1.54) is 31.2 Å². The zero-order valence-corrected chi connectivity index (χ0v) is 17.6. The van der Waals surface area contributed by atoms with Crippen LogP contribution < -0.4 is 5.32 Å². The lowest BCUT2D eigenvalue weighted by molar-refractivity contribution is -0.155. The van der Waals surface area contributed by atoms with Crippen LogP contribution in [0.4, 0.5) is 5.69 Å². The highest BCUT2D eigenvalue weighted by Gasteiger charge is 2.28. The Morgan fingerprint density at radius 1 is 1.07 bits per heavy atom. The van der Waals surface area contributed by atoms with Gasteiger partial charge in [0.25, 0.3) is 0 Å². The van der Waals surface area contributed by atoms with E-state index >= 15 is 0 Å². The summed E-state index contributed by atoms with van der Waals surface area (Å²) < 4.78 is 32.4. The maximum absolute atomic E-state index is 13.0. The Bertz CT molecular complexity index is 752. The van der Waals surface area contributed by atoms with Crippen LogP contribution in [0.25, 0.3) is 0 Å². The molecule has 0 spiro atoms. The number of nitrogens with zero attached hydrogens (tertiary/aromatic N) is 2. The van der Waals surface area contributed by atoms with Gasteiger partial charge in [0.15, 0.2) is 0 Å². The second-order valence-electron chi connectivity index (χ2n) is 7.43. The maximum atomic E-state index is 13.0. The third-order valence-electron chi connectivity index (χ3n) is 3.33. The normalized spacial score (nSPS) is 12.3. The second-order valence-corrected chi connectivity index (χ2v) is 9.37. The Morgan fingerprint density at radius 2 is 1.63 bits per heavy atom. The van der Waals surface area contributed by atoms with E-state index in [0.717, 1.165) is 4.31 Å². The number of carbonyl (C=O) groups excluding carboxylic acids is 2. The maximum Gasteiger partial charge on any atom is 0.321 e. The zero-order valence-electron chi connectivity index (χ0n) is 16.8. The van der Waals surface area contributed by atoms with Crippen molar-refractivity contribution in [3.05, 3.63) is 24.3 Å². The highest BCUT2D eigenvalue weighted by molar-refractivity contribution is 7.89. The molecule has 0 atom stereocenters. The standard InChI is InChI=1S/C18H29N3O5S/c1-14(22)19-15-7-9-16(10-8-15)27(24,25)21(12-11-20(5)6)13-17(23)26-18(2,3)4/h7-10H,11-13H2,1-6H3,(H,19,22). The molecule has 9 heteroatoms. The van der Waals surface area contributed by atoms with Gasteiger partial charge in [0.1, 0.15) is 12.1 Å². The van der Waals surface area contributed by atoms with Crippen molar-refractivity contribution < 1.29 is 22.7 Å². The van der Waals surface area contributed by atoms with Crippen LogP contribution in [0, 0.1) is 0 Å². The number of likely N-dealkylation sites (N-methyl/N-ethyl adjacent to an activating group) is 1. The molecule has 8 nitrogen and oxygen atoms in total. The number of esters is 1. The van der Waals surface area contributed by atoms with Crippen LogP contribution in [0.15, 0.2) is 29.2 Å². The monoisotopic (exact) mass is 399 g/mol. The van der Waals surface area contributed by atoms with Gasteiger partial charge in [-0.1, -0.05) is 0 Å². The summed E-state index contributed by atoms with van der Waals surface area (Å²) >= 11 is 0. The molecule has 27 heavy (non-hydrogen) atoms. The first-order valence-electron chi connectivity index (χ1n) is 8.55. The van der Waals surface area contributed by atoms with Crippen LogP contribution in [-0.4, -0.2) is 68.8 Å². The van der Waals surface area contributed by atoms with E-state index in [4.69, 9.17) is 4.74 Å². The molecule has 0 radical (unpaired) electrons. The van der Waals surface area contributed by atoms with Crippen molar-refractivity contribution in [2.24, 2.45) is 0 Å². The summed E-state index contributed by atoms with van der Waals surface area (Å²) in [6.45, 7) is 6.77. The number of anilines is 1. The molecule has 0 fully saturated rings. The first-order valence-corrected chi connectivity index (χ1v) is 9.99. The van der Waals surface area contributed by atoms with E-state index in [-0.39, 0.29) is 23.9 Å². The van der Waals surface area contributed by atoms with Crippen LogP contribution >= 0.6 is 0 Å². The van der Waals surface area contributed by atoms with Gasteiger partial charge in [-0.15, -0.1) is 0 Å². The summed E-state index contributed by atoms with van der Waals surface area (Å²) in [6.07, 6.45) is 0. The highest BCUT2D eigenvalue weighted by atomic mass is 32.2. The van der Waals surface area contributed by atoms with Crippen LogP contribution in [-0.2, 0) is 24.3 Å². The fraction of sp³-hybridized carbons (Fsp3) is 0.556. The molecule has 1 amide bonds. The van der Waals surface area contributed by atoms with Gasteiger partial charge in [0.2, 0.25) is 15.9 Å². The van der Waals surface area contributed by atoms with E-state index in [1.54, 1.807) is 20.8 Å². The highest BCUT2D eigenvalue weighted by Crippen LogP contribution is 2.19. The third kappa shape index (κ3) is 8.06. The molecular formula is C18H29N3O5S. The summed E-state index contributed by atoms with van der Waals surface area (Å²) in [5.41, 5.74) is -0.206. The van der Waals surface area contributed by atoms with E-state index in [1.807, 2.05) is 19.0 Å². The summed E-state index contributed by atoms with van der Waals surface area (Å²) in [5, 5.41) is 2.58. The van der Waals surface area contributed by atoms with Crippen molar-refractivity contribution in [1.29, 1.82) is 0 Å². The van der Waals surface area contributed by atoms with Crippen molar-refractivity contribution in [3.63, 3.8) is 0 Å². The molecule has 152 valence electrons. The van der Waals surface area contributed by atoms with E-state index < -0.39 is 21.6 Å². The van der Waals surface area contributed by atoms with Gasteiger partial charge in [-0.05, 0) is 59.1 Å². The molecule has 1 N–H and O–H groups in total. The molecule has 1 rings (SSSR count). The quantitative estimate of drug-likeness (QED) is 0.666. The summed E-state index contributed by atoms with van der Waals surface area (Å²) in [6, 6.07) is 5.81. The number of ether oxygens (including phenoxy) is 1.